The van der Waals surface area contributed by atoms with Crippen molar-refractivity contribution in [1.82, 2.24) is 15.2 Å². The molecule has 0 aliphatic heterocycles. The van der Waals surface area contributed by atoms with Crippen molar-refractivity contribution in [1.29, 1.82) is 0 Å². The molecule has 0 radical (unpaired) electrons. The summed E-state index contributed by atoms with van der Waals surface area (Å²) in [5.41, 5.74) is 8.95. The van der Waals surface area contributed by atoms with Crippen LogP contribution in [-0.2, 0) is 36.6 Å². The maximum absolute atomic E-state index is 14.3. The molecule has 0 saturated heterocycles. The molecule has 0 unspecified atom stereocenters. The van der Waals surface area contributed by atoms with Gasteiger partial charge in [0.2, 0.25) is 5.91 Å². The molecule has 0 fully saturated rings. The van der Waals surface area contributed by atoms with Gasteiger partial charge in [-0.15, -0.1) is 0 Å². The summed E-state index contributed by atoms with van der Waals surface area (Å²) < 4.78 is 16.5. The molecule has 2 aromatic carbocycles. The van der Waals surface area contributed by atoms with E-state index in [1.165, 1.54) is 7.11 Å². The van der Waals surface area contributed by atoms with Gasteiger partial charge in [-0.25, -0.2) is 9.59 Å². The number of alkyl carbamates (subject to hydrolysis) is 1. The number of ether oxygens (including phenoxy) is 3. The minimum atomic E-state index is -0.914. The minimum absolute atomic E-state index is 0.253. The standard InChI is InChI=1S/C35H50N4O6/c1-6-44-24-27(20-19-25-14-8-7-9-15-25)39(32(40)29(36)17-12-13-21-37-34(42)45-35(2,3)4)31(33(41)43-5)22-26-23-38-30-18-11-10-16-28(26)30/h7-11,14-16,18,23,27,29,31,38H,6,12-13,17,19-22,24,36H2,1-5H3,(H,37,42)/t27-,29+,31+/m1/s1. The lowest BCUT2D eigenvalue weighted by atomic mass is 9.97. The number of hydrogen-bond donors (Lipinski definition) is 3. The van der Waals surface area contributed by atoms with Crippen LogP contribution in [0.4, 0.5) is 4.79 Å². The van der Waals surface area contributed by atoms with E-state index in [1.807, 2.05) is 88.5 Å². The maximum atomic E-state index is 14.3. The lowest BCUT2D eigenvalue weighted by Crippen LogP contribution is -2.58. The number of unbranched alkanes of at least 4 members (excludes halogenated alkanes) is 1. The Kier molecular flexibility index (Phi) is 13.9. The predicted molar refractivity (Wildman–Crippen MR) is 176 cm³/mol. The molecule has 4 N–H and O–H groups in total. The Hall–Kier alpha value is -3.89. The number of methoxy groups -OCH3 is 1. The highest BCUT2D eigenvalue weighted by atomic mass is 16.6. The third-order valence-electron chi connectivity index (χ3n) is 7.60. The highest BCUT2D eigenvalue weighted by Gasteiger charge is 2.38. The highest BCUT2D eigenvalue weighted by Crippen LogP contribution is 2.25. The summed E-state index contributed by atoms with van der Waals surface area (Å²) in [4.78, 5) is 44.6. The fourth-order valence-electron chi connectivity index (χ4n) is 5.37. The third kappa shape index (κ3) is 11.2. The molecule has 3 aromatic rings. The van der Waals surface area contributed by atoms with Gasteiger partial charge in [0, 0.05) is 36.7 Å². The Balaban J connectivity index is 1.84. The Labute approximate surface area is 267 Å². The van der Waals surface area contributed by atoms with Crippen LogP contribution in [-0.4, -0.2) is 78.4 Å². The van der Waals surface area contributed by atoms with E-state index < -0.39 is 35.8 Å². The lowest BCUT2D eigenvalue weighted by molar-refractivity contribution is -0.157. The van der Waals surface area contributed by atoms with E-state index >= 15 is 0 Å². The first-order valence-corrected chi connectivity index (χ1v) is 15.8. The van der Waals surface area contributed by atoms with Crippen LogP contribution in [0.25, 0.3) is 10.9 Å². The van der Waals surface area contributed by atoms with Gasteiger partial charge in [-0.3, -0.25) is 4.79 Å². The molecule has 246 valence electrons. The number of aromatic amines is 1. The minimum Gasteiger partial charge on any atom is -0.467 e. The summed E-state index contributed by atoms with van der Waals surface area (Å²) in [6.07, 6.45) is 4.51. The average Bonchev–Trinajstić information content (AvgIpc) is 3.43. The number of carbonyl (C=O) groups excluding carboxylic acids is 3. The van der Waals surface area contributed by atoms with Crippen LogP contribution in [0.1, 0.15) is 64.5 Å². The van der Waals surface area contributed by atoms with Crippen LogP contribution in [0.3, 0.4) is 0 Å². The number of benzene rings is 2. The Morgan fingerprint density at radius 3 is 2.40 bits per heavy atom. The number of para-hydroxylation sites is 1. The van der Waals surface area contributed by atoms with Gasteiger partial charge in [0.25, 0.3) is 0 Å². The molecule has 0 saturated carbocycles. The van der Waals surface area contributed by atoms with Crippen molar-refractivity contribution in [2.75, 3.05) is 26.9 Å². The van der Waals surface area contributed by atoms with Gasteiger partial charge in [-0.2, -0.15) is 0 Å². The quantitative estimate of drug-likeness (QED) is 0.140. The second-order valence-electron chi connectivity index (χ2n) is 12.2. The Bertz CT molecular complexity index is 1350. The number of amides is 2. The van der Waals surface area contributed by atoms with Gasteiger partial charge < -0.3 is 35.1 Å². The van der Waals surface area contributed by atoms with Crippen molar-refractivity contribution in [3.63, 3.8) is 0 Å². The normalized spacial score (nSPS) is 13.6. The van der Waals surface area contributed by atoms with Gasteiger partial charge >= 0.3 is 12.1 Å². The zero-order valence-corrected chi connectivity index (χ0v) is 27.3. The largest absolute Gasteiger partial charge is 0.467 e. The van der Waals surface area contributed by atoms with Crippen LogP contribution >= 0.6 is 0 Å². The number of esters is 1. The first-order chi connectivity index (χ1) is 21.5. The number of H-pyrrole nitrogens is 1. The Morgan fingerprint density at radius 2 is 1.71 bits per heavy atom. The van der Waals surface area contributed by atoms with E-state index in [1.54, 1.807) is 4.90 Å². The van der Waals surface area contributed by atoms with E-state index in [2.05, 4.69) is 10.3 Å². The maximum Gasteiger partial charge on any atom is 0.407 e. The van der Waals surface area contributed by atoms with Crippen molar-refractivity contribution in [3.05, 3.63) is 71.9 Å². The highest BCUT2D eigenvalue weighted by molar-refractivity contribution is 5.89. The lowest BCUT2D eigenvalue weighted by Gasteiger charge is -2.38. The van der Waals surface area contributed by atoms with Crippen LogP contribution in [0.2, 0.25) is 0 Å². The second kappa shape index (κ2) is 17.6. The van der Waals surface area contributed by atoms with Crippen molar-refractivity contribution >= 4 is 28.9 Å². The number of nitrogens with zero attached hydrogens (tertiary/aromatic N) is 1. The second-order valence-corrected chi connectivity index (χ2v) is 12.2. The van der Waals surface area contributed by atoms with E-state index in [0.717, 1.165) is 22.0 Å². The first-order valence-electron chi connectivity index (χ1n) is 15.8. The molecular weight excluding hydrogens is 572 g/mol. The number of fused-ring (bicyclic) bond motifs is 1. The van der Waals surface area contributed by atoms with Gasteiger partial charge in [-0.05, 0) is 77.0 Å². The van der Waals surface area contributed by atoms with Crippen LogP contribution in [0.15, 0.2) is 60.8 Å². The van der Waals surface area contributed by atoms with Gasteiger partial charge in [0.05, 0.1) is 25.8 Å². The van der Waals surface area contributed by atoms with Crippen LogP contribution < -0.4 is 11.1 Å². The average molecular weight is 623 g/mol. The molecule has 1 heterocycles. The fourth-order valence-corrected chi connectivity index (χ4v) is 5.37. The predicted octanol–water partition coefficient (Wildman–Crippen LogP) is 5.14. The molecular formula is C35H50N4O6. The van der Waals surface area contributed by atoms with Crippen molar-refractivity contribution < 1.29 is 28.6 Å². The number of nitrogens with one attached hydrogen (secondary N) is 2. The molecule has 45 heavy (non-hydrogen) atoms. The molecule has 2 amide bonds. The molecule has 3 rings (SSSR count). The molecule has 10 heteroatoms. The monoisotopic (exact) mass is 622 g/mol. The molecule has 3 atom stereocenters. The van der Waals surface area contributed by atoms with Crippen LogP contribution in [0, 0.1) is 0 Å². The van der Waals surface area contributed by atoms with Crippen molar-refractivity contribution in [2.24, 2.45) is 5.73 Å². The van der Waals surface area contributed by atoms with Gasteiger partial charge in [0.15, 0.2) is 0 Å². The molecule has 10 nitrogen and oxygen atoms in total. The smallest absolute Gasteiger partial charge is 0.407 e. The molecule has 0 spiro atoms. The first kappa shape index (κ1) is 35.6. The summed E-state index contributed by atoms with van der Waals surface area (Å²) in [6, 6.07) is 15.7. The van der Waals surface area contributed by atoms with E-state index in [4.69, 9.17) is 19.9 Å². The number of aryl methyl sites for hydroxylation is 1. The van der Waals surface area contributed by atoms with Crippen molar-refractivity contribution in [3.8, 4) is 0 Å². The third-order valence-corrected chi connectivity index (χ3v) is 7.60. The topological polar surface area (TPSA) is 136 Å². The zero-order chi connectivity index (χ0) is 32.8. The number of rotatable bonds is 17. The van der Waals surface area contributed by atoms with Crippen molar-refractivity contribution in [2.45, 2.75) is 89.9 Å². The van der Waals surface area contributed by atoms with Gasteiger partial charge in [-0.1, -0.05) is 48.5 Å². The SMILES string of the molecule is CCOC[C@@H](CCc1ccccc1)N(C(=O)[C@@H](N)CCCCNC(=O)OC(C)(C)C)[C@@H](Cc1c[nH]c2ccccc12)C(=O)OC. The Morgan fingerprint density at radius 1 is 1.00 bits per heavy atom. The van der Waals surface area contributed by atoms with E-state index in [0.29, 0.717) is 45.3 Å². The summed E-state index contributed by atoms with van der Waals surface area (Å²) in [5, 5.41) is 3.72. The summed E-state index contributed by atoms with van der Waals surface area (Å²) in [5.74, 6) is -0.841. The number of nitrogens with two attached hydrogens (primary N) is 1. The molecule has 0 bridgehead atoms. The fraction of sp³-hybridized carbons (Fsp3) is 0.514. The molecule has 0 aliphatic carbocycles. The summed E-state index contributed by atoms with van der Waals surface area (Å²) in [7, 11) is 1.34. The number of aromatic nitrogens is 1. The van der Waals surface area contributed by atoms with E-state index in [-0.39, 0.29) is 18.9 Å². The zero-order valence-electron chi connectivity index (χ0n) is 27.3. The molecule has 1 aromatic heterocycles. The van der Waals surface area contributed by atoms with Crippen LogP contribution in [0.5, 0.6) is 0 Å². The van der Waals surface area contributed by atoms with Gasteiger partial charge in [0.1, 0.15) is 11.6 Å². The molecule has 0 aliphatic rings. The summed E-state index contributed by atoms with van der Waals surface area (Å²) >= 11 is 0. The number of carbonyl (C=O) groups is 3. The van der Waals surface area contributed by atoms with E-state index in [9.17, 15) is 14.4 Å². The summed E-state index contributed by atoms with van der Waals surface area (Å²) in [6.45, 7) is 8.44. The number of hydrogen-bond acceptors (Lipinski definition) is 7.